The van der Waals surface area contributed by atoms with Crippen LogP contribution >= 0.6 is 11.8 Å². The molecule has 0 unspecified atom stereocenters. The smallest absolute Gasteiger partial charge is 0.238 e. The van der Waals surface area contributed by atoms with E-state index in [-0.39, 0.29) is 11.9 Å². The van der Waals surface area contributed by atoms with Crippen molar-refractivity contribution in [2.45, 2.75) is 48.8 Å². The second-order valence-corrected chi connectivity index (χ2v) is 9.42. The first-order valence-corrected chi connectivity index (χ1v) is 11.9. The minimum absolute atomic E-state index is 0.0629. The molecule has 3 aromatic rings. The van der Waals surface area contributed by atoms with Crippen molar-refractivity contribution in [2.75, 3.05) is 17.3 Å². The molecular weight excluding hydrogens is 408 g/mol. The van der Waals surface area contributed by atoms with Gasteiger partial charge in [0.15, 0.2) is 5.16 Å². The van der Waals surface area contributed by atoms with E-state index in [4.69, 9.17) is 4.74 Å². The molecule has 7 heteroatoms. The molecule has 2 fully saturated rings. The fraction of sp³-hybridized carbons (Fsp3) is 0.375. The third-order valence-corrected chi connectivity index (χ3v) is 7.08. The molecule has 2 heterocycles. The summed E-state index contributed by atoms with van der Waals surface area (Å²) in [6.07, 6.45) is 4.79. The normalized spacial score (nSPS) is 20.3. The number of anilines is 1. The molecule has 158 valence electrons. The molecule has 2 saturated carbocycles. The number of hydrogen-bond acceptors (Lipinski definition) is 5. The SMILES string of the molecule is O=C(CSc1nnc(C2CC2)n1C1CC1)N1c2ccccc2OC[C@@H]1c1ccccc1. The van der Waals surface area contributed by atoms with Crippen molar-refractivity contribution in [2.24, 2.45) is 0 Å². The van der Waals surface area contributed by atoms with Gasteiger partial charge in [-0.25, -0.2) is 0 Å². The first-order valence-electron chi connectivity index (χ1n) is 11.0. The van der Waals surface area contributed by atoms with Crippen LogP contribution < -0.4 is 9.64 Å². The molecule has 0 spiro atoms. The first-order chi connectivity index (χ1) is 15.3. The van der Waals surface area contributed by atoms with Gasteiger partial charge in [0.2, 0.25) is 5.91 Å². The number of aromatic nitrogens is 3. The second-order valence-electron chi connectivity index (χ2n) is 8.47. The Kier molecular flexibility index (Phi) is 4.71. The van der Waals surface area contributed by atoms with E-state index in [1.165, 1.54) is 37.4 Å². The molecule has 0 radical (unpaired) electrons. The average Bonchev–Trinajstić information content (AvgIpc) is 3.76. The van der Waals surface area contributed by atoms with Crippen molar-refractivity contribution in [3.63, 3.8) is 0 Å². The molecule has 31 heavy (non-hydrogen) atoms. The molecule has 2 aliphatic carbocycles. The number of carbonyl (C=O) groups is 1. The van der Waals surface area contributed by atoms with E-state index in [2.05, 4.69) is 26.9 Å². The van der Waals surface area contributed by atoms with E-state index in [9.17, 15) is 4.79 Å². The van der Waals surface area contributed by atoms with E-state index < -0.39 is 0 Å². The van der Waals surface area contributed by atoms with Crippen molar-refractivity contribution in [3.8, 4) is 5.75 Å². The molecule has 6 rings (SSSR count). The Labute approximate surface area is 185 Å². The monoisotopic (exact) mass is 432 g/mol. The van der Waals surface area contributed by atoms with Crippen LogP contribution in [0.3, 0.4) is 0 Å². The zero-order valence-corrected chi connectivity index (χ0v) is 18.0. The fourth-order valence-electron chi connectivity index (χ4n) is 4.30. The summed E-state index contributed by atoms with van der Waals surface area (Å²) in [7, 11) is 0. The van der Waals surface area contributed by atoms with Gasteiger partial charge < -0.3 is 9.30 Å². The van der Waals surface area contributed by atoms with Gasteiger partial charge in [-0.1, -0.05) is 54.2 Å². The average molecular weight is 433 g/mol. The highest BCUT2D eigenvalue weighted by Crippen LogP contribution is 2.46. The van der Waals surface area contributed by atoms with Gasteiger partial charge in [-0.3, -0.25) is 9.69 Å². The lowest BCUT2D eigenvalue weighted by Crippen LogP contribution is -2.42. The van der Waals surface area contributed by atoms with Crippen LogP contribution in [0.25, 0.3) is 0 Å². The van der Waals surface area contributed by atoms with Gasteiger partial charge in [0.1, 0.15) is 18.2 Å². The van der Waals surface area contributed by atoms with Gasteiger partial charge in [-0.05, 0) is 43.4 Å². The van der Waals surface area contributed by atoms with Crippen molar-refractivity contribution < 1.29 is 9.53 Å². The Bertz CT molecular complexity index is 1110. The second kappa shape index (κ2) is 7.71. The lowest BCUT2D eigenvalue weighted by Gasteiger charge is -2.37. The maximum absolute atomic E-state index is 13.6. The maximum atomic E-state index is 13.6. The number of rotatable bonds is 6. The Morgan fingerprint density at radius 2 is 1.77 bits per heavy atom. The van der Waals surface area contributed by atoms with Gasteiger partial charge in [0, 0.05) is 12.0 Å². The van der Waals surface area contributed by atoms with Crippen molar-refractivity contribution in [3.05, 3.63) is 66.0 Å². The van der Waals surface area contributed by atoms with Crippen LogP contribution in [0.15, 0.2) is 59.8 Å². The van der Waals surface area contributed by atoms with E-state index in [0.29, 0.717) is 24.3 Å². The number of nitrogens with zero attached hydrogens (tertiary/aromatic N) is 4. The Morgan fingerprint density at radius 1 is 1.00 bits per heavy atom. The zero-order valence-electron chi connectivity index (χ0n) is 17.2. The van der Waals surface area contributed by atoms with Crippen molar-refractivity contribution in [1.82, 2.24) is 14.8 Å². The van der Waals surface area contributed by atoms with E-state index in [1.807, 2.05) is 47.4 Å². The van der Waals surface area contributed by atoms with Crippen LogP contribution in [0, 0.1) is 0 Å². The quantitative estimate of drug-likeness (QED) is 0.526. The zero-order chi connectivity index (χ0) is 20.8. The third-order valence-electron chi connectivity index (χ3n) is 6.16. The summed E-state index contributed by atoms with van der Waals surface area (Å²) in [6, 6.07) is 18.3. The van der Waals surface area contributed by atoms with Crippen LogP contribution in [-0.4, -0.2) is 33.0 Å². The number of amides is 1. The highest BCUT2D eigenvalue weighted by molar-refractivity contribution is 7.99. The highest BCUT2D eigenvalue weighted by Gasteiger charge is 2.37. The molecule has 3 aliphatic rings. The lowest BCUT2D eigenvalue weighted by atomic mass is 10.0. The molecule has 1 atom stereocenters. The number of fused-ring (bicyclic) bond motifs is 1. The molecule has 1 amide bonds. The lowest BCUT2D eigenvalue weighted by molar-refractivity contribution is -0.117. The maximum Gasteiger partial charge on any atom is 0.238 e. The Morgan fingerprint density at radius 3 is 2.55 bits per heavy atom. The van der Waals surface area contributed by atoms with E-state index in [0.717, 1.165) is 28.0 Å². The number of carbonyl (C=O) groups excluding carboxylic acids is 1. The Balaban J connectivity index is 1.27. The standard InChI is InChI=1S/C24H24N4O2S/c29-22(15-31-24-26-25-23(17-10-11-17)27(24)18-12-13-18)28-19-8-4-5-9-21(19)30-14-20(28)16-6-2-1-3-7-16/h1-9,17-18,20H,10-15H2/t20-/m1/s1. The summed E-state index contributed by atoms with van der Waals surface area (Å²) >= 11 is 1.51. The number of thioether (sulfide) groups is 1. The molecule has 0 saturated heterocycles. The van der Waals surface area contributed by atoms with Crippen molar-refractivity contribution >= 4 is 23.4 Å². The number of ether oxygens (including phenoxy) is 1. The summed E-state index contributed by atoms with van der Waals surface area (Å²) in [5.74, 6) is 2.83. The third kappa shape index (κ3) is 3.61. The number of benzene rings is 2. The first kappa shape index (κ1) is 18.9. The van der Waals surface area contributed by atoms with Crippen LogP contribution in [0.5, 0.6) is 5.75 Å². The summed E-state index contributed by atoms with van der Waals surface area (Å²) in [5, 5.41) is 9.82. The molecule has 1 aromatic heterocycles. The van der Waals surface area contributed by atoms with E-state index in [1.54, 1.807) is 0 Å². The fourth-order valence-corrected chi connectivity index (χ4v) is 5.17. The van der Waals surface area contributed by atoms with Crippen LogP contribution in [0.4, 0.5) is 5.69 Å². The minimum atomic E-state index is -0.146. The number of hydrogen-bond donors (Lipinski definition) is 0. The molecule has 2 aromatic carbocycles. The van der Waals surface area contributed by atoms with Crippen LogP contribution in [-0.2, 0) is 4.79 Å². The predicted molar refractivity (Wildman–Crippen MR) is 120 cm³/mol. The summed E-state index contributed by atoms with van der Waals surface area (Å²) in [4.78, 5) is 15.5. The van der Waals surface area contributed by atoms with Crippen LogP contribution in [0.1, 0.15) is 55.1 Å². The van der Waals surface area contributed by atoms with Gasteiger partial charge in [0.25, 0.3) is 0 Å². The van der Waals surface area contributed by atoms with E-state index >= 15 is 0 Å². The largest absolute Gasteiger partial charge is 0.489 e. The molecule has 6 nitrogen and oxygen atoms in total. The van der Waals surface area contributed by atoms with Gasteiger partial charge in [0.05, 0.1) is 17.5 Å². The summed E-state index contributed by atoms with van der Waals surface area (Å²) in [5.41, 5.74) is 1.91. The van der Waals surface area contributed by atoms with Gasteiger partial charge >= 0.3 is 0 Å². The van der Waals surface area contributed by atoms with Gasteiger partial charge in [-0.15, -0.1) is 10.2 Å². The minimum Gasteiger partial charge on any atom is -0.489 e. The molecular formula is C24H24N4O2S. The molecule has 0 bridgehead atoms. The predicted octanol–water partition coefficient (Wildman–Crippen LogP) is 4.75. The Hall–Kier alpha value is -2.80. The summed E-state index contributed by atoms with van der Waals surface area (Å²) < 4.78 is 8.31. The topological polar surface area (TPSA) is 60.2 Å². The van der Waals surface area contributed by atoms with Gasteiger partial charge in [-0.2, -0.15) is 0 Å². The van der Waals surface area contributed by atoms with Crippen LogP contribution in [0.2, 0.25) is 0 Å². The molecule has 1 aliphatic heterocycles. The van der Waals surface area contributed by atoms with Crippen molar-refractivity contribution in [1.29, 1.82) is 0 Å². The number of para-hydroxylation sites is 2. The summed E-state index contributed by atoms with van der Waals surface area (Å²) in [6.45, 7) is 0.446. The molecule has 0 N–H and O–H groups in total. The highest BCUT2D eigenvalue weighted by atomic mass is 32.2.